The fourth-order valence-corrected chi connectivity index (χ4v) is 4.57. The Balaban J connectivity index is 1.62. The van der Waals surface area contributed by atoms with Crippen LogP contribution in [-0.2, 0) is 6.61 Å². The molecule has 2 heterocycles. The van der Waals surface area contributed by atoms with Gasteiger partial charge in [-0.15, -0.1) is 0 Å². The predicted octanol–water partition coefficient (Wildman–Crippen LogP) is 4.14. The van der Waals surface area contributed by atoms with E-state index in [4.69, 9.17) is 15.2 Å². The molecular weight excluding hydrogens is 444 g/mol. The first-order valence-electron chi connectivity index (χ1n) is 12.1. The number of methoxy groups -OCH3 is 1. The van der Waals surface area contributed by atoms with Crippen LogP contribution in [-0.4, -0.2) is 54.2 Å². The summed E-state index contributed by atoms with van der Waals surface area (Å²) in [4.78, 5) is 19.2. The summed E-state index contributed by atoms with van der Waals surface area (Å²) in [7, 11) is 1.59. The molecule has 2 aromatic carbocycles. The van der Waals surface area contributed by atoms with Crippen LogP contribution in [0.2, 0.25) is 0 Å². The molecule has 35 heavy (non-hydrogen) atoms. The largest absolute Gasteiger partial charge is 0.493 e. The van der Waals surface area contributed by atoms with Gasteiger partial charge in [0.05, 0.1) is 37.1 Å². The Morgan fingerprint density at radius 2 is 2.00 bits per heavy atom. The third-order valence-electron chi connectivity index (χ3n) is 6.62. The maximum Gasteiger partial charge on any atom is 0.252 e. The number of benzene rings is 2. The van der Waals surface area contributed by atoms with E-state index in [1.165, 1.54) is 38.5 Å². The highest BCUT2D eigenvalue weighted by Crippen LogP contribution is 2.38. The van der Waals surface area contributed by atoms with Crippen LogP contribution < -0.4 is 20.5 Å². The lowest BCUT2D eigenvalue weighted by molar-refractivity contribution is 0.100. The number of rotatable bonds is 10. The van der Waals surface area contributed by atoms with E-state index in [0.717, 1.165) is 29.8 Å². The SMILES string of the molecule is COc1cc2c(Nc3cccc(CO)c3C)c(C(N)=O)cnc2cc1OCCCN1CCCCC1. The summed E-state index contributed by atoms with van der Waals surface area (Å²) in [5.74, 6) is 0.583. The number of fused-ring (bicyclic) bond motifs is 1. The molecule has 0 bridgehead atoms. The predicted molar refractivity (Wildman–Crippen MR) is 138 cm³/mol. The molecular formula is C27H34N4O4. The van der Waals surface area contributed by atoms with Crippen molar-refractivity contribution < 1.29 is 19.4 Å². The second kappa shape index (κ2) is 11.4. The van der Waals surface area contributed by atoms with Crippen LogP contribution in [0.4, 0.5) is 11.4 Å². The number of nitrogens with one attached hydrogen (secondary N) is 1. The number of primary amides is 1. The minimum absolute atomic E-state index is 0.0760. The number of anilines is 2. The number of amides is 1. The number of aliphatic hydroxyl groups excluding tert-OH is 1. The van der Waals surface area contributed by atoms with E-state index in [0.29, 0.717) is 34.7 Å². The summed E-state index contributed by atoms with van der Waals surface area (Å²) in [6.07, 6.45) is 6.29. The number of carbonyl (C=O) groups is 1. The van der Waals surface area contributed by atoms with Gasteiger partial charge in [0.15, 0.2) is 11.5 Å². The van der Waals surface area contributed by atoms with Crippen LogP contribution in [0.3, 0.4) is 0 Å². The van der Waals surface area contributed by atoms with Crippen molar-refractivity contribution in [2.24, 2.45) is 5.73 Å². The van der Waals surface area contributed by atoms with Gasteiger partial charge >= 0.3 is 0 Å². The Hall–Kier alpha value is -3.36. The Morgan fingerprint density at radius 3 is 2.71 bits per heavy atom. The molecule has 1 aromatic heterocycles. The number of hydrogen-bond acceptors (Lipinski definition) is 7. The van der Waals surface area contributed by atoms with Crippen molar-refractivity contribution in [1.29, 1.82) is 0 Å². The number of likely N-dealkylation sites (tertiary alicyclic amines) is 1. The first kappa shape index (κ1) is 24.8. The molecule has 0 aliphatic carbocycles. The van der Waals surface area contributed by atoms with Crippen molar-refractivity contribution in [2.75, 3.05) is 38.7 Å². The molecule has 0 radical (unpaired) electrons. The molecule has 8 heteroatoms. The summed E-state index contributed by atoms with van der Waals surface area (Å²) < 4.78 is 11.7. The van der Waals surface area contributed by atoms with Crippen LogP contribution in [0.1, 0.15) is 47.2 Å². The molecule has 1 fully saturated rings. The number of pyridine rings is 1. The third kappa shape index (κ3) is 5.66. The van der Waals surface area contributed by atoms with E-state index in [1.54, 1.807) is 7.11 Å². The minimum atomic E-state index is -0.588. The second-order valence-corrected chi connectivity index (χ2v) is 8.91. The van der Waals surface area contributed by atoms with E-state index in [2.05, 4.69) is 15.2 Å². The molecule has 1 amide bonds. The van der Waals surface area contributed by atoms with Gasteiger partial charge in [-0.2, -0.15) is 0 Å². The van der Waals surface area contributed by atoms with E-state index in [9.17, 15) is 9.90 Å². The molecule has 0 spiro atoms. The molecule has 3 aromatic rings. The van der Waals surface area contributed by atoms with Crippen molar-refractivity contribution in [3.63, 3.8) is 0 Å². The molecule has 0 saturated carbocycles. The van der Waals surface area contributed by atoms with Gasteiger partial charge in [-0.05, 0) is 62.5 Å². The van der Waals surface area contributed by atoms with Crippen molar-refractivity contribution in [3.05, 3.63) is 53.2 Å². The smallest absolute Gasteiger partial charge is 0.252 e. The molecule has 1 aliphatic heterocycles. The third-order valence-corrected chi connectivity index (χ3v) is 6.62. The zero-order chi connectivity index (χ0) is 24.8. The van der Waals surface area contributed by atoms with Crippen molar-refractivity contribution in [1.82, 2.24) is 9.88 Å². The summed E-state index contributed by atoms with van der Waals surface area (Å²) in [6.45, 7) is 5.78. The lowest BCUT2D eigenvalue weighted by Crippen LogP contribution is -2.31. The Kier molecular flexibility index (Phi) is 8.05. The van der Waals surface area contributed by atoms with Crippen molar-refractivity contribution in [3.8, 4) is 11.5 Å². The van der Waals surface area contributed by atoms with Crippen LogP contribution in [0.5, 0.6) is 11.5 Å². The van der Waals surface area contributed by atoms with Gasteiger partial charge in [0, 0.05) is 29.9 Å². The quantitative estimate of drug-likeness (QED) is 0.376. The number of carbonyl (C=O) groups excluding carboxylic acids is 1. The van der Waals surface area contributed by atoms with Crippen molar-refractivity contribution >= 4 is 28.2 Å². The zero-order valence-corrected chi connectivity index (χ0v) is 20.5. The number of hydrogen-bond donors (Lipinski definition) is 3. The lowest BCUT2D eigenvalue weighted by atomic mass is 10.0. The highest BCUT2D eigenvalue weighted by atomic mass is 16.5. The summed E-state index contributed by atoms with van der Waals surface area (Å²) >= 11 is 0. The van der Waals surface area contributed by atoms with Gasteiger partial charge in [0.25, 0.3) is 5.91 Å². The fourth-order valence-electron chi connectivity index (χ4n) is 4.57. The van der Waals surface area contributed by atoms with Gasteiger partial charge < -0.3 is 30.5 Å². The average molecular weight is 479 g/mol. The summed E-state index contributed by atoms with van der Waals surface area (Å²) in [6, 6.07) is 9.26. The van der Waals surface area contributed by atoms with E-state index < -0.39 is 5.91 Å². The van der Waals surface area contributed by atoms with Gasteiger partial charge in [-0.3, -0.25) is 9.78 Å². The highest BCUT2D eigenvalue weighted by molar-refractivity contribution is 6.08. The van der Waals surface area contributed by atoms with Gasteiger partial charge in [0.2, 0.25) is 0 Å². The summed E-state index contributed by atoms with van der Waals surface area (Å²) in [5.41, 5.74) is 9.59. The fraction of sp³-hybridized carbons (Fsp3) is 0.407. The molecule has 4 rings (SSSR count). The molecule has 4 N–H and O–H groups in total. The maximum atomic E-state index is 12.2. The van der Waals surface area contributed by atoms with Gasteiger partial charge in [0.1, 0.15) is 0 Å². The number of piperidine rings is 1. The highest BCUT2D eigenvalue weighted by Gasteiger charge is 2.18. The van der Waals surface area contributed by atoms with Gasteiger partial charge in [-0.1, -0.05) is 18.6 Å². The minimum Gasteiger partial charge on any atom is -0.493 e. The topological polar surface area (TPSA) is 110 Å². The number of aliphatic hydroxyl groups is 1. The Labute approximate surface area is 206 Å². The first-order valence-corrected chi connectivity index (χ1v) is 12.1. The van der Waals surface area contributed by atoms with Crippen LogP contribution >= 0.6 is 0 Å². The van der Waals surface area contributed by atoms with E-state index in [1.807, 2.05) is 37.3 Å². The van der Waals surface area contributed by atoms with Crippen LogP contribution in [0, 0.1) is 6.92 Å². The number of nitrogens with zero attached hydrogens (tertiary/aromatic N) is 2. The molecule has 0 atom stereocenters. The molecule has 186 valence electrons. The Bertz CT molecular complexity index is 1190. The molecule has 8 nitrogen and oxygen atoms in total. The maximum absolute atomic E-state index is 12.2. The second-order valence-electron chi connectivity index (χ2n) is 8.91. The molecule has 0 unspecified atom stereocenters. The molecule has 1 aliphatic rings. The van der Waals surface area contributed by atoms with E-state index >= 15 is 0 Å². The lowest BCUT2D eigenvalue weighted by Gasteiger charge is -2.26. The standard InChI is InChI=1S/C27H34N4O4/c1-18-19(17-32)8-6-9-22(18)30-26-20-14-24(34-2)25(15-23(20)29-16-21(26)27(28)33)35-13-7-12-31-10-4-3-5-11-31/h6,8-9,14-16,32H,3-5,7,10-13,17H2,1-2H3,(H2,28,33)(H,29,30). The van der Waals surface area contributed by atoms with Crippen molar-refractivity contribution in [2.45, 2.75) is 39.2 Å². The average Bonchev–Trinajstić information content (AvgIpc) is 2.87. The summed E-state index contributed by atoms with van der Waals surface area (Å²) in [5, 5.41) is 13.7. The van der Waals surface area contributed by atoms with Crippen LogP contribution in [0.15, 0.2) is 36.5 Å². The zero-order valence-electron chi connectivity index (χ0n) is 20.5. The van der Waals surface area contributed by atoms with Crippen LogP contribution in [0.25, 0.3) is 10.9 Å². The first-order chi connectivity index (χ1) is 17.0. The normalized spacial score (nSPS) is 14.1. The van der Waals surface area contributed by atoms with Gasteiger partial charge in [-0.25, -0.2) is 0 Å². The van der Waals surface area contributed by atoms with E-state index in [-0.39, 0.29) is 12.2 Å². The number of aromatic nitrogens is 1. The number of ether oxygens (including phenoxy) is 2. The number of nitrogens with two attached hydrogens (primary N) is 1. The Morgan fingerprint density at radius 1 is 1.20 bits per heavy atom. The monoisotopic (exact) mass is 478 g/mol. The molecule has 1 saturated heterocycles.